The summed E-state index contributed by atoms with van der Waals surface area (Å²) in [6.45, 7) is 0. The number of carbonyl (C=O) groups excluding carboxylic acids is 1. The predicted molar refractivity (Wildman–Crippen MR) is 82.8 cm³/mol. The second-order valence-electron chi connectivity index (χ2n) is 4.55. The molecule has 0 aromatic heterocycles. The topological polar surface area (TPSA) is 32.3 Å². The normalized spacial score (nSPS) is 10.2. The van der Waals surface area contributed by atoms with Crippen molar-refractivity contribution in [2.24, 2.45) is 0 Å². The average Bonchev–Trinajstić information content (AvgIpc) is 2.38. The SMILES string of the molecule is CN(C)c1ccc(NC(=O)c2cc(F)cc(Br)c2)cc1. The molecule has 0 fully saturated rings. The zero-order valence-corrected chi connectivity index (χ0v) is 12.7. The third-order valence-electron chi connectivity index (χ3n) is 2.77. The summed E-state index contributed by atoms with van der Waals surface area (Å²) in [6.07, 6.45) is 0. The number of anilines is 2. The zero-order valence-electron chi connectivity index (χ0n) is 11.2. The Bertz CT molecular complexity index is 606. The van der Waals surface area contributed by atoms with Crippen LogP contribution in [-0.4, -0.2) is 20.0 Å². The van der Waals surface area contributed by atoms with Crippen molar-refractivity contribution in [3.63, 3.8) is 0 Å². The van der Waals surface area contributed by atoms with Crippen LogP contribution in [0.5, 0.6) is 0 Å². The van der Waals surface area contributed by atoms with Gasteiger partial charge in [0.05, 0.1) is 0 Å². The highest BCUT2D eigenvalue weighted by Crippen LogP contribution is 2.18. The van der Waals surface area contributed by atoms with E-state index in [0.717, 1.165) is 5.69 Å². The monoisotopic (exact) mass is 336 g/mol. The van der Waals surface area contributed by atoms with Gasteiger partial charge < -0.3 is 10.2 Å². The van der Waals surface area contributed by atoms with Crippen molar-refractivity contribution in [2.75, 3.05) is 24.3 Å². The molecule has 0 aliphatic carbocycles. The maximum atomic E-state index is 13.3. The Labute approximate surface area is 125 Å². The van der Waals surface area contributed by atoms with Crippen LogP contribution in [0.15, 0.2) is 46.9 Å². The van der Waals surface area contributed by atoms with Crippen molar-refractivity contribution >= 4 is 33.2 Å². The van der Waals surface area contributed by atoms with Crippen LogP contribution >= 0.6 is 15.9 Å². The van der Waals surface area contributed by atoms with Gasteiger partial charge in [0.1, 0.15) is 5.82 Å². The number of carbonyl (C=O) groups is 1. The van der Waals surface area contributed by atoms with Gasteiger partial charge in [-0.3, -0.25) is 4.79 Å². The fourth-order valence-electron chi connectivity index (χ4n) is 1.73. The van der Waals surface area contributed by atoms with E-state index in [1.807, 2.05) is 43.3 Å². The molecule has 0 heterocycles. The summed E-state index contributed by atoms with van der Waals surface area (Å²) >= 11 is 3.17. The molecule has 0 atom stereocenters. The summed E-state index contributed by atoms with van der Waals surface area (Å²) in [4.78, 5) is 14.0. The summed E-state index contributed by atoms with van der Waals surface area (Å²) < 4.78 is 13.8. The van der Waals surface area contributed by atoms with Gasteiger partial charge in [-0.15, -0.1) is 0 Å². The fourth-order valence-corrected chi connectivity index (χ4v) is 2.20. The standard InChI is InChI=1S/C15H14BrFN2O/c1-19(2)14-5-3-13(4-6-14)18-15(20)10-7-11(16)9-12(17)8-10/h3-9H,1-2H3,(H,18,20). The van der Waals surface area contributed by atoms with E-state index < -0.39 is 5.82 Å². The smallest absolute Gasteiger partial charge is 0.255 e. The number of hydrogen-bond donors (Lipinski definition) is 1. The molecule has 0 saturated carbocycles. The molecule has 0 saturated heterocycles. The van der Waals surface area contributed by atoms with Gasteiger partial charge in [0.2, 0.25) is 0 Å². The van der Waals surface area contributed by atoms with Crippen molar-refractivity contribution < 1.29 is 9.18 Å². The van der Waals surface area contributed by atoms with Gasteiger partial charge in [-0.2, -0.15) is 0 Å². The Balaban J connectivity index is 2.14. The molecule has 1 amide bonds. The number of nitrogens with one attached hydrogen (secondary N) is 1. The van der Waals surface area contributed by atoms with Gasteiger partial charge in [-0.05, 0) is 42.5 Å². The van der Waals surface area contributed by atoms with Gasteiger partial charge in [0, 0.05) is 35.5 Å². The molecule has 0 aliphatic rings. The van der Waals surface area contributed by atoms with Crippen molar-refractivity contribution in [3.05, 3.63) is 58.3 Å². The Kier molecular flexibility index (Phi) is 4.39. The lowest BCUT2D eigenvalue weighted by Gasteiger charge is -2.13. The molecule has 2 aromatic carbocycles. The first-order valence-corrected chi connectivity index (χ1v) is 6.80. The van der Waals surface area contributed by atoms with Crippen LogP contribution in [0.1, 0.15) is 10.4 Å². The lowest BCUT2D eigenvalue weighted by Crippen LogP contribution is -2.13. The highest BCUT2D eigenvalue weighted by atomic mass is 79.9. The van der Waals surface area contributed by atoms with Crippen molar-refractivity contribution in [1.82, 2.24) is 0 Å². The highest BCUT2D eigenvalue weighted by molar-refractivity contribution is 9.10. The fraction of sp³-hybridized carbons (Fsp3) is 0.133. The molecule has 0 unspecified atom stereocenters. The second kappa shape index (κ2) is 6.05. The Hall–Kier alpha value is -1.88. The molecule has 0 radical (unpaired) electrons. The molecule has 0 aliphatic heterocycles. The molecular weight excluding hydrogens is 323 g/mol. The van der Waals surface area contributed by atoms with Crippen LogP contribution in [0.3, 0.4) is 0 Å². The number of hydrogen-bond acceptors (Lipinski definition) is 2. The molecular formula is C15H14BrFN2O. The van der Waals surface area contributed by atoms with Crippen LogP contribution in [-0.2, 0) is 0 Å². The van der Waals surface area contributed by atoms with E-state index in [-0.39, 0.29) is 11.5 Å². The van der Waals surface area contributed by atoms with E-state index in [1.165, 1.54) is 12.1 Å². The molecule has 2 aromatic rings. The van der Waals surface area contributed by atoms with E-state index >= 15 is 0 Å². The molecule has 5 heteroatoms. The largest absolute Gasteiger partial charge is 0.378 e. The lowest BCUT2D eigenvalue weighted by atomic mass is 10.2. The van der Waals surface area contributed by atoms with Crippen molar-refractivity contribution in [3.8, 4) is 0 Å². The first kappa shape index (κ1) is 14.5. The third-order valence-corrected chi connectivity index (χ3v) is 3.22. The number of nitrogens with zero attached hydrogens (tertiary/aromatic N) is 1. The van der Waals surface area contributed by atoms with Gasteiger partial charge in [0.25, 0.3) is 5.91 Å². The number of halogens is 2. The average molecular weight is 337 g/mol. The lowest BCUT2D eigenvalue weighted by molar-refractivity contribution is 0.102. The Morgan fingerprint density at radius 3 is 2.35 bits per heavy atom. The molecule has 20 heavy (non-hydrogen) atoms. The number of amides is 1. The molecule has 0 bridgehead atoms. The third kappa shape index (κ3) is 3.57. The van der Waals surface area contributed by atoms with Gasteiger partial charge in [-0.1, -0.05) is 15.9 Å². The first-order valence-electron chi connectivity index (χ1n) is 6.00. The minimum absolute atomic E-state index is 0.272. The van der Waals surface area contributed by atoms with Crippen LogP contribution < -0.4 is 10.2 Å². The van der Waals surface area contributed by atoms with Crippen LogP contribution in [0.4, 0.5) is 15.8 Å². The van der Waals surface area contributed by atoms with Crippen molar-refractivity contribution in [2.45, 2.75) is 0 Å². The van der Waals surface area contributed by atoms with Crippen LogP contribution in [0.2, 0.25) is 0 Å². The number of benzene rings is 2. The van der Waals surface area contributed by atoms with Crippen LogP contribution in [0, 0.1) is 5.82 Å². The van der Waals surface area contributed by atoms with Crippen LogP contribution in [0.25, 0.3) is 0 Å². The van der Waals surface area contributed by atoms with Crippen molar-refractivity contribution in [1.29, 1.82) is 0 Å². The summed E-state index contributed by atoms with van der Waals surface area (Å²) in [5.74, 6) is -0.796. The zero-order chi connectivity index (χ0) is 14.7. The maximum Gasteiger partial charge on any atom is 0.255 e. The first-order chi connectivity index (χ1) is 9.45. The molecule has 3 nitrogen and oxygen atoms in total. The minimum Gasteiger partial charge on any atom is -0.378 e. The van der Waals surface area contributed by atoms with Gasteiger partial charge in [-0.25, -0.2) is 4.39 Å². The van der Waals surface area contributed by atoms with E-state index in [1.54, 1.807) is 6.07 Å². The van der Waals surface area contributed by atoms with E-state index in [2.05, 4.69) is 21.2 Å². The molecule has 1 N–H and O–H groups in total. The quantitative estimate of drug-likeness (QED) is 0.921. The highest BCUT2D eigenvalue weighted by Gasteiger charge is 2.09. The van der Waals surface area contributed by atoms with E-state index in [9.17, 15) is 9.18 Å². The Morgan fingerprint density at radius 2 is 1.80 bits per heavy atom. The van der Waals surface area contributed by atoms with E-state index in [4.69, 9.17) is 0 Å². The molecule has 104 valence electrons. The van der Waals surface area contributed by atoms with E-state index in [0.29, 0.717) is 10.2 Å². The Morgan fingerprint density at radius 1 is 1.15 bits per heavy atom. The predicted octanol–water partition coefficient (Wildman–Crippen LogP) is 3.91. The molecule has 0 spiro atoms. The minimum atomic E-state index is -0.451. The summed E-state index contributed by atoms with van der Waals surface area (Å²) in [6, 6.07) is 11.5. The van der Waals surface area contributed by atoms with Gasteiger partial charge >= 0.3 is 0 Å². The number of rotatable bonds is 3. The summed E-state index contributed by atoms with van der Waals surface area (Å²) in [5.41, 5.74) is 1.98. The second-order valence-corrected chi connectivity index (χ2v) is 5.47. The summed E-state index contributed by atoms with van der Waals surface area (Å²) in [7, 11) is 3.88. The van der Waals surface area contributed by atoms with Gasteiger partial charge in [0.15, 0.2) is 0 Å². The molecule has 2 rings (SSSR count). The maximum absolute atomic E-state index is 13.3. The summed E-state index contributed by atoms with van der Waals surface area (Å²) in [5, 5.41) is 2.73.